The fraction of sp³-hybridized carbons (Fsp3) is 0.381. The van der Waals surface area contributed by atoms with Gasteiger partial charge in [0.05, 0.1) is 34.6 Å². The average Bonchev–Trinajstić information content (AvgIpc) is 3.24. The van der Waals surface area contributed by atoms with E-state index < -0.39 is 11.8 Å². The van der Waals surface area contributed by atoms with Crippen molar-refractivity contribution in [3.63, 3.8) is 0 Å². The van der Waals surface area contributed by atoms with Crippen LogP contribution in [-0.4, -0.2) is 33.1 Å². The topological polar surface area (TPSA) is 79.9 Å². The first kappa shape index (κ1) is 18.4. The summed E-state index contributed by atoms with van der Waals surface area (Å²) in [5.74, 6) is -0.201. The van der Waals surface area contributed by atoms with Crippen LogP contribution in [0.15, 0.2) is 18.2 Å². The predicted molar refractivity (Wildman–Crippen MR) is 106 cm³/mol. The molecule has 6 nitrogen and oxygen atoms in total. The molecule has 1 aliphatic rings. The number of halogens is 1. The van der Waals surface area contributed by atoms with Crippen LogP contribution < -0.4 is 5.32 Å². The lowest BCUT2D eigenvalue weighted by molar-refractivity contribution is 0.0525. The number of esters is 1. The predicted octanol–water partition coefficient (Wildman–Crippen LogP) is 4.52. The number of aromatic amines is 1. The Labute approximate surface area is 162 Å². The van der Waals surface area contributed by atoms with E-state index in [1.807, 2.05) is 6.92 Å². The van der Waals surface area contributed by atoms with E-state index in [0.29, 0.717) is 39.4 Å². The van der Waals surface area contributed by atoms with Crippen molar-refractivity contribution in [1.29, 1.82) is 0 Å². The second kappa shape index (κ2) is 6.58. The minimum absolute atomic E-state index is 0.0285. The molecule has 0 saturated heterocycles. The van der Waals surface area contributed by atoms with E-state index in [4.69, 9.17) is 9.72 Å². The molecule has 0 spiro atoms. The summed E-state index contributed by atoms with van der Waals surface area (Å²) < 4.78 is 19.9. The molecule has 0 amide bonds. The number of ether oxygens (including phenoxy) is 1. The van der Waals surface area contributed by atoms with E-state index in [1.165, 1.54) is 6.07 Å². The first-order valence-corrected chi connectivity index (χ1v) is 9.43. The highest BCUT2D eigenvalue weighted by Gasteiger charge is 2.38. The van der Waals surface area contributed by atoms with E-state index in [9.17, 15) is 9.18 Å². The van der Waals surface area contributed by atoms with Crippen molar-refractivity contribution in [2.45, 2.75) is 46.1 Å². The third-order valence-corrected chi connectivity index (χ3v) is 5.16. The Bertz CT molecular complexity index is 1090. The normalized spacial score (nSPS) is 14.9. The Morgan fingerprint density at radius 2 is 2.07 bits per heavy atom. The maximum Gasteiger partial charge on any atom is 0.339 e. The Kier molecular flexibility index (Phi) is 4.33. The molecule has 4 rings (SSSR count). The third-order valence-electron chi connectivity index (χ3n) is 5.16. The van der Waals surface area contributed by atoms with Crippen LogP contribution in [0.2, 0.25) is 0 Å². The molecule has 7 heteroatoms. The van der Waals surface area contributed by atoms with Crippen molar-refractivity contribution in [2.75, 3.05) is 11.9 Å². The monoisotopic (exact) mass is 382 g/mol. The minimum Gasteiger partial charge on any atom is -0.462 e. The number of nitrogens with one attached hydrogen (secondary N) is 2. The number of aryl methyl sites for hydroxylation is 2. The number of nitrogens with zero attached hydrogens (tertiary/aromatic N) is 2. The van der Waals surface area contributed by atoms with E-state index >= 15 is 0 Å². The van der Waals surface area contributed by atoms with E-state index in [0.717, 1.165) is 18.5 Å². The van der Waals surface area contributed by atoms with Crippen LogP contribution in [0.5, 0.6) is 0 Å². The van der Waals surface area contributed by atoms with Gasteiger partial charge in [0.1, 0.15) is 17.2 Å². The van der Waals surface area contributed by atoms with Crippen molar-refractivity contribution in [1.82, 2.24) is 15.0 Å². The van der Waals surface area contributed by atoms with Crippen LogP contribution >= 0.6 is 0 Å². The summed E-state index contributed by atoms with van der Waals surface area (Å²) in [6.45, 7) is 7.80. The van der Waals surface area contributed by atoms with E-state index in [2.05, 4.69) is 22.2 Å². The number of rotatable bonds is 5. The number of carbonyl (C=O) groups excluding carboxylic acids is 1. The number of hydrogen-bond donors (Lipinski definition) is 2. The van der Waals surface area contributed by atoms with Gasteiger partial charge in [0.15, 0.2) is 0 Å². The van der Waals surface area contributed by atoms with Crippen LogP contribution in [0.25, 0.3) is 22.3 Å². The van der Waals surface area contributed by atoms with Gasteiger partial charge in [-0.3, -0.25) is 0 Å². The minimum atomic E-state index is -0.436. The molecule has 0 unspecified atom stereocenters. The molecule has 0 radical (unpaired) electrons. The SMILES string of the molecule is CCOC(=O)c1cc(-c2c(F)ccc3nc(C)c(NC4(C)CC4)nc23)[nH]c1C. The van der Waals surface area contributed by atoms with Gasteiger partial charge >= 0.3 is 5.97 Å². The molecule has 0 bridgehead atoms. The smallest absolute Gasteiger partial charge is 0.339 e. The summed E-state index contributed by atoms with van der Waals surface area (Å²) in [7, 11) is 0. The molecule has 1 fully saturated rings. The number of aromatic nitrogens is 3. The van der Waals surface area contributed by atoms with Gasteiger partial charge in [-0.25, -0.2) is 19.2 Å². The van der Waals surface area contributed by atoms with Gasteiger partial charge in [0.25, 0.3) is 0 Å². The third kappa shape index (κ3) is 3.21. The average molecular weight is 382 g/mol. The van der Waals surface area contributed by atoms with Gasteiger partial charge in [-0.2, -0.15) is 0 Å². The molecule has 1 saturated carbocycles. The van der Waals surface area contributed by atoms with Gasteiger partial charge in [0, 0.05) is 11.2 Å². The highest BCUT2D eigenvalue weighted by atomic mass is 19.1. The molecule has 146 valence electrons. The second-order valence-corrected chi connectivity index (χ2v) is 7.58. The number of hydrogen-bond acceptors (Lipinski definition) is 5. The van der Waals surface area contributed by atoms with E-state index in [1.54, 1.807) is 26.0 Å². The summed E-state index contributed by atoms with van der Waals surface area (Å²) in [5.41, 5.74) is 3.64. The molecular formula is C21H23FN4O2. The molecule has 0 aliphatic heterocycles. The lowest BCUT2D eigenvalue weighted by Gasteiger charge is -2.15. The van der Waals surface area contributed by atoms with Crippen LogP contribution in [0.3, 0.4) is 0 Å². The molecule has 3 aromatic rings. The van der Waals surface area contributed by atoms with E-state index in [-0.39, 0.29) is 12.1 Å². The standard InChI is InChI=1S/C21H23FN4O2/c1-5-28-20(27)13-10-16(23-11(13)2)17-14(22)6-7-15-18(17)25-19(12(3)24-15)26-21(4)8-9-21/h6-7,10,23H,5,8-9H2,1-4H3,(H,25,26). The van der Waals surface area contributed by atoms with Crippen molar-refractivity contribution in [3.8, 4) is 11.3 Å². The maximum atomic E-state index is 14.9. The molecule has 2 N–H and O–H groups in total. The number of fused-ring (bicyclic) bond motifs is 1. The summed E-state index contributed by atoms with van der Waals surface area (Å²) in [5, 5.41) is 3.42. The van der Waals surface area contributed by atoms with Crippen molar-refractivity contribution >= 4 is 22.8 Å². The molecule has 1 aromatic carbocycles. The lowest BCUT2D eigenvalue weighted by atomic mass is 10.1. The van der Waals surface area contributed by atoms with Crippen LogP contribution in [0, 0.1) is 19.7 Å². The first-order chi connectivity index (χ1) is 13.3. The summed E-state index contributed by atoms with van der Waals surface area (Å²) in [6.07, 6.45) is 2.14. The fourth-order valence-corrected chi connectivity index (χ4v) is 3.27. The first-order valence-electron chi connectivity index (χ1n) is 9.43. The quantitative estimate of drug-likeness (QED) is 0.634. The molecule has 2 heterocycles. The maximum absolute atomic E-state index is 14.9. The Balaban J connectivity index is 1.86. The van der Waals surface area contributed by atoms with Gasteiger partial charge < -0.3 is 15.0 Å². The zero-order valence-corrected chi connectivity index (χ0v) is 16.4. The number of carbonyl (C=O) groups is 1. The summed E-state index contributed by atoms with van der Waals surface area (Å²) in [4.78, 5) is 24.6. The molecule has 1 aliphatic carbocycles. The summed E-state index contributed by atoms with van der Waals surface area (Å²) >= 11 is 0. The molecular weight excluding hydrogens is 359 g/mol. The van der Waals surface area contributed by atoms with Crippen molar-refractivity contribution in [2.24, 2.45) is 0 Å². The van der Waals surface area contributed by atoms with Gasteiger partial charge in [-0.15, -0.1) is 0 Å². The molecule has 28 heavy (non-hydrogen) atoms. The van der Waals surface area contributed by atoms with Crippen molar-refractivity contribution < 1.29 is 13.9 Å². The largest absolute Gasteiger partial charge is 0.462 e. The Morgan fingerprint density at radius 1 is 1.32 bits per heavy atom. The highest BCUT2D eigenvalue weighted by molar-refractivity contribution is 5.96. The van der Waals surface area contributed by atoms with Gasteiger partial charge in [0.2, 0.25) is 0 Å². The number of H-pyrrole nitrogens is 1. The number of anilines is 1. The second-order valence-electron chi connectivity index (χ2n) is 7.58. The Hall–Kier alpha value is -2.96. The fourth-order valence-electron chi connectivity index (χ4n) is 3.27. The van der Waals surface area contributed by atoms with Gasteiger partial charge in [-0.1, -0.05) is 0 Å². The number of benzene rings is 1. The summed E-state index contributed by atoms with van der Waals surface area (Å²) in [6, 6.07) is 4.61. The lowest BCUT2D eigenvalue weighted by Crippen LogP contribution is -2.18. The van der Waals surface area contributed by atoms with Gasteiger partial charge in [-0.05, 0) is 58.7 Å². The molecule has 2 aromatic heterocycles. The zero-order chi connectivity index (χ0) is 20.1. The highest BCUT2D eigenvalue weighted by Crippen LogP contribution is 2.39. The van der Waals surface area contributed by atoms with Crippen LogP contribution in [0.1, 0.15) is 48.4 Å². The Morgan fingerprint density at radius 3 is 2.75 bits per heavy atom. The molecule has 0 atom stereocenters. The zero-order valence-electron chi connectivity index (χ0n) is 16.4. The van der Waals surface area contributed by atoms with Crippen molar-refractivity contribution in [3.05, 3.63) is 41.0 Å². The van der Waals surface area contributed by atoms with Crippen LogP contribution in [0.4, 0.5) is 10.2 Å². The van der Waals surface area contributed by atoms with Crippen LogP contribution in [-0.2, 0) is 4.74 Å².